The van der Waals surface area contributed by atoms with Crippen LogP contribution in [-0.4, -0.2) is 23.0 Å². The van der Waals surface area contributed by atoms with Gasteiger partial charge in [-0.05, 0) is 43.2 Å². The van der Waals surface area contributed by atoms with Gasteiger partial charge in [0.25, 0.3) is 17.4 Å². The molecule has 0 bridgehead atoms. The van der Waals surface area contributed by atoms with E-state index < -0.39 is 35.7 Å². The van der Waals surface area contributed by atoms with E-state index in [2.05, 4.69) is 5.43 Å². The summed E-state index contributed by atoms with van der Waals surface area (Å²) in [6, 6.07) is 7.11. The summed E-state index contributed by atoms with van der Waals surface area (Å²) >= 11 is 0. The second kappa shape index (κ2) is 8.59. The van der Waals surface area contributed by atoms with Crippen molar-refractivity contribution in [3.63, 3.8) is 0 Å². The van der Waals surface area contributed by atoms with Crippen molar-refractivity contribution in [1.82, 2.24) is 15.4 Å². The van der Waals surface area contributed by atoms with E-state index in [1.54, 1.807) is 13.0 Å². The summed E-state index contributed by atoms with van der Waals surface area (Å²) < 4.78 is 44.1. The Morgan fingerprint density at radius 1 is 1.11 bits per heavy atom. The van der Waals surface area contributed by atoms with Gasteiger partial charge in [0.2, 0.25) is 0 Å². The van der Waals surface area contributed by atoms with Crippen molar-refractivity contribution < 1.29 is 27.5 Å². The number of benzene rings is 1. The molecule has 0 spiro atoms. The number of rotatable bonds is 5. The second-order valence-corrected chi connectivity index (χ2v) is 6.01. The van der Waals surface area contributed by atoms with Crippen molar-refractivity contribution >= 4 is 11.8 Å². The molecule has 28 heavy (non-hydrogen) atoms. The summed E-state index contributed by atoms with van der Waals surface area (Å²) in [6.45, 7) is 2.60. The van der Waals surface area contributed by atoms with Crippen LogP contribution in [-0.2, 0) is 22.3 Å². The maximum absolute atomic E-state index is 12.7. The van der Waals surface area contributed by atoms with Crippen LogP contribution >= 0.6 is 0 Å². The molecule has 0 saturated carbocycles. The normalized spacial score (nSPS) is 11.0. The van der Waals surface area contributed by atoms with Gasteiger partial charge in [-0.3, -0.25) is 25.2 Å². The molecule has 1 aromatic heterocycles. The van der Waals surface area contributed by atoms with E-state index in [1.165, 1.54) is 0 Å². The number of aryl methyl sites for hydroxylation is 2. The van der Waals surface area contributed by atoms with Crippen molar-refractivity contribution in [2.75, 3.05) is 6.61 Å². The molecule has 150 valence electrons. The van der Waals surface area contributed by atoms with E-state index in [-0.39, 0.29) is 6.61 Å². The van der Waals surface area contributed by atoms with Gasteiger partial charge >= 0.3 is 6.18 Å². The number of carbonyl (C=O) groups is 2. The predicted molar refractivity (Wildman–Crippen MR) is 93.4 cm³/mol. The summed E-state index contributed by atoms with van der Waals surface area (Å²) in [5, 5.41) is 0. The molecular formula is C18H18F3N3O4. The Morgan fingerprint density at radius 2 is 1.79 bits per heavy atom. The number of hydrazine groups is 1. The monoisotopic (exact) mass is 397 g/mol. The topological polar surface area (TPSA) is 89.4 Å². The van der Waals surface area contributed by atoms with Crippen LogP contribution in [0, 0.1) is 13.8 Å². The van der Waals surface area contributed by atoms with Crippen LogP contribution in [0.4, 0.5) is 13.2 Å². The lowest BCUT2D eigenvalue weighted by atomic mass is 10.1. The number of pyridine rings is 1. The van der Waals surface area contributed by atoms with Crippen molar-refractivity contribution in [2.24, 2.45) is 0 Å². The first-order valence-corrected chi connectivity index (χ1v) is 8.12. The van der Waals surface area contributed by atoms with Crippen LogP contribution in [0.5, 0.6) is 5.75 Å². The van der Waals surface area contributed by atoms with Gasteiger partial charge in [0.15, 0.2) is 6.61 Å². The number of nitrogens with one attached hydrogen (secondary N) is 2. The molecule has 0 atom stereocenters. The van der Waals surface area contributed by atoms with Gasteiger partial charge in [-0.25, -0.2) is 0 Å². The number of hydrogen-bond donors (Lipinski definition) is 2. The first-order chi connectivity index (χ1) is 13.1. The average molecular weight is 397 g/mol. The largest absolute Gasteiger partial charge is 0.483 e. The van der Waals surface area contributed by atoms with Gasteiger partial charge in [0.1, 0.15) is 17.9 Å². The van der Waals surface area contributed by atoms with E-state index >= 15 is 0 Å². The summed E-state index contributed by atoms with van der Waals surface area (Å²) in [4.78, 5) is 35.3. The molecule has 1 aromatic carbocycles. The van der Waals surface area contributed by atoms with Gasteiger partial charge in [-0.15, -0.1) is 0 Å². The number of amides is 2. The minimum atomic E-state index is -4.82. The molecule has 0 unspecified atom stereocenters. The molecule has 0 saturated heterocycles. The number of carbonyl (C=O) groups excluding carboxylic acids is 2. The summed E-state index contributed by atoms with van der Waals surface area (Å²) in [5.41, 5.74) is 3.13. The van der Waals surface area contributed by atoms with Gasteiger partial charge in [0.05, 0.1) is 0 Å². The van der Waals surface area contributed by atoms with Gasteiger partial charge < -0.3 is 9.30 Å². The van der Waals surface area contributed by atoms with Crippen molar-refractivity contribution in [3.05, 3.63) is 63.6 Å². The van der Waals surface area contributed by atoms with Gasteiger partial charge in [-0.1, -0.05) is 12.1 Å². The minimum absolute atomic E-state index is 0.381. The fraction of sp³-hybridized carbons (Fsp3) is 0.278. The number of hydrogen-bond acceptors (Lipinski definition) is 4. The van der Waals surface area contributed by atoms with Gasteiger partial charge in [0, 0.05) is 6.20 Å². The molecule has 0 aliphatic heterocycles. The van der Waals surface area contributed by atoms with Crippen LogP contribution in [0.15, 0.2) is 41.3 Å². The standard InChI is InChI=1S/C18H18F3N3O4/c1-11-5-6-12(2)14(8-11)28-10-16(26)23-22-15(25)9-24-7-3-4-13(17(24)27)18(19,20)21/h3-8H,9-10H2,1-2H3,(H,22,25)(H,23,26). The summed E-state index contributed by atoms with van der Waals surface area (Å²) in [5.74, 6) is -1.04. The number of halogens is 3. The Labute approximate surface area is 158 Å². The highest BCUT2D eigenvalue weighted by molar-refractivity contribution is 5.82. The lowest BCUT2D eigenvalue weighted by Gasteiger charge is -2.12. The summed E-state index contributed by atoms with van der Waals surface area (Å²) in [7, 11) is 0. The van der Waals surface area contributed by atoms with E-state index in [4.69, 9.17) is 4.74 Å². The van der Waals surface area contributed by atoms with Crippen LogP contribution in [0.25, 0.3) is 0 Å². The Balaban J connectivity index is 1.88. The minimum Gasteiger partial charge on any atom is -0.483 e. The molecule has 0 aliphatic carbocycles. The van der Waals surface area contributed by atoms with Crippen LogP contribution in [0.1, 0.15) is 16.7 Å². The van der Waals surface area contributed by atoms with E-state index in [0.29, 0.717) is 16.4 Å². The number of aromatic nitrogens is 1. The summed E-state index contributed by atoms with van der Waals surface area (Å²) in [6.07, 6.45) is -3.78. The molecular weight excluding hydrogens is 379 g/mol. The van der Waals surface area contributed by atoms with E-state index in [0.717, 1.165) is 23.4 Å². The third-order valence-electron chi connectivity index (χ3n) is 3.68. The molecule has 0 radical (unpaired) electrons. The number of alkyl halides is 3. The number of ether oxygens (including phenoxy) is 1. The van der Waals surface area contributed by atoms with Crippen molar-refractivity contribution in [1.29, 1.82) is 0 Å². The highest BCUT2D eigenvalue weighted by Crippen LogP contribution is 2.25. The molecule has 2 aromatic rings. The Morgan fingerprint density at radius 3 is 2.46 bits per heavy atom. The zero-order chi connectivity index (χ0) is 20.9. The quantitative estimate of drug-likeness (QED) is 0.752. The molecule has 2 N–H and O–H groups in total. The molecule has 2 amide bonds. The first-order valence-electron chi connectivity index (χ1n) is 8.12. The Hall–Kier alpha value is -3.30. The lowest BCUT2D eigenvalue weighted by Crippen LogP contribution is -2.46. The maximum atomic E-state index is 12.7. The zero-order valence-electron chi connectivity index (χ0n) is 15.1. The second-order valence-electron chi connectivity index (χ2n) is 6.01. The fourth-order valence-corrected chi connectivity index (χ4v) is 2.25. The smallest absolute Gasteiger partial charge is 0.421 e. The SMILES string of the molecule is Cc1ccc(C)c(OCC(=O)NNC(=O)Cn2cccc(C(F)(F)F)c2=O)c1. The molecule has 0 aliphatic rings. The van der Waals surface area contributed by atoms with Crippen LogP contribution in [0.3, 0.4) is 0 Å². The average Bonchev–Trinajstić information content (AvgIpc) is 2.61. The number of nitrogens with zero attached hydrogens (tertiary/aromatic N) is 1. The molecule has 0 fully saturated rings. The van der Waals surface area contributed by atoms with E-state index in [1.807, 2.05) is 24.5 Å². The van der Waals surface area contributed by atoms with E-state index in [9.17, 15) is 27.6 Å². The third kappa shape index (κ3) is 5.60. The van der Waals surface area contributed by atoms with Crippen LogP contribution in [0.2, 0.25) is 0 Å². The zero-order valence-corrected chi connectivity index (χ0v) is 15.1. The van der Waals surface area contributed by atoms with Crippen molar-refractivity contribution in [3.8, 4) is 5.75 Å². The molecule has 2 rings (SSSR count). The molecule has 10 heteroatoms. The highest BCUT2D eigenvalue weighted by atomic mass is 19.4. The molecule has 1 heterocycles. The first kappa shape index (κ1) is 21.0. The third-order valence-corrected chi connectivity index (χ3v) is 3.68. The fourth-order valence-electron chi connectivity index (χ4n) is 2.25. The van der Waals surface area contributed by atoms with Crippen molar-refractivity contribution in [2.45, 2.75) is 26.6 Å². The highest BCUT2D eigenvalue weighted by Gasteiger charge is 2.34. The maximum Gasteiger partial charge on any atom is 0.421 e. The Kier molecular flexibility index (Phi) is 6.45. The van der Waals surface area contributed by atoms with Gasteiger partial charge in [-0.2, -0.15) is 13.2 Å². The lowest BCUT2D eigenvalue weighted by molar-refractivity contribution is -0.139. The van der Waals surface area contributed by atoms with Crippen LogP contribution < -0.4 is 21.1 Å². The molecule has 7 nitrogen and oxygen atoms in total. The predicted octanol–water partition coefficient (Wildman–Crippen LogP) is 1.71. The Bertz CT molecular complexity index is 938.